The van der Waals surface area contributed by atoms with E-state index in [4.69, 9.17) is 5.73 Å². The van der Waals surface area contributed by atoms with E-state index < -0.39 is 0 Å². The van der Waals surface area contributed by atoms with Gasteiger partial charge in [0.15, 0.2) is 0 Å². The van der Waals surface area contributed by atoms with Crippen molar-refractivity contribution in [3.63, 3.8) is 0 Å². The molecule has 0 aromatic heterocycles. The van der Waals surface area contributed by atoms with Gasteiger partial charge in [0.25, 0.3) is 5.91 Å². The van der Waals surface area contributed by atoms with Gasteiger partial charge in [0.1, 0.15) is 0 Å². The molecule has 94 valence electrons. The summed E-state index contributed by atoms with van der Waals surface area (Å²) in [6, 6.07) is 0. The van der Waals surface area contributed by atoms with Gasteiger partial charge < -0.3 is 5.73 Å². The summed E-state index contributed by atoms with van der Waals surface area (Å²) < 4.78 is 0. The first-order chi connectivity index (χ1) is 7.54. The zero-order valence-electron chi connectivity index (χ0n) is 11.0. The van der Waals surface area contributed by atoms with Crippen molar-refractivity contribution in [1.29, 1.82) is 0 Å². The van der Waals surface area contributed by atoms with Crippen LogP contribution in [0.2, 0.25) is 0 Å². The molecule has 0 aliphatic carbocycles. The Hall–Kier alpha value is -0.870. The maximum absolute atomic E-state index is 12.1. The number of carbonyl (C=O) groups is 1. The molecule has 0 radical (unpaired) electrons. The molecule has 0 saturated carbocycles. The molecule has 0 aromatic rings. The molecule has 4 heteroatoms. The number of nitrogens with zero attached hydrogens (tertiary/aromatic N) is 2. The predicted octanol–water partition coefficient (Wildman–Crippen LogP) is 1.39. The Morgan fingerprint density at radius 2 is 2.00 bits per heavy atom. The summed E-state index contributed by atoms with van der Waals surface area (Å²) in [6.45, 7) is 5.26. The van der Waals surface area contributed by atoms with Gasteiger partial charge in [-0.1, -0.05) is 19.4 Å². The van der Waals surface area contributed by atoms with E-state index >= 15 is 0 Å². The molecule has 0 unspecified atom stereocenters. The summed E-state index contributed by atoms with van der Waals surface area (Å²) in [5.41, 5.74) is 6.27. The normalized spacial score (nSPS) is 12.0. The Labute approximate surface area is 99.1 Å². The summed E-state index contributed by atoms with van der Waals surface area (Å²) >= 11 is 0. The van der Waals surface area contributed by atoms with Crippen molar-refractivity contribution < 1.29 is 4.79 Å². The van der Waals surface area contributed by atoms with Crippen LogP contribution in [0, 0.1) is 0 Å². The van der Waals surface area contributed by atoms with Crippen LogP contribution in [-0.4, -0.2) is 43.1 Å². The Bertz CT molecular complexity index is 236. The van der Waals surface area contributed by atoms with Gasteiger partial charge >= 0.3 is 0 Å². The number of hydrazine groups is 1. The highest BCUT2D eigenvalue weighted by molar-refractivity contribution is 5.92. The van der Waals surface area contributed by atoms with E-state index in [1.807, 2.05) is 32.1 Å². The van der Waals surface area contributed by atoms with Gasteiger partial charge in [0.05, 0.1) is 0 Å². The maximum atomic E-state index is 12.1. The zero-order chi connectivity index (χ0) is 12.6. The van der Waals surface area contributed by atoms with Crippen molar-refractivity contribution in [3.8, 4) is 0 Å². The average molecular weight is 227 g/mol. The minimum absolute atomic E-state index is 0.0758. The number of carbonyl (C=O) groups excluding carboxylic acids is 1. The van der Waals surface area contributed by atoms with Gasteiger partial charge in [-0.2, -0.15) is 0 Å². The van der Waals surface area contributed by atoms with Crippen LogP contribution < -0.4 is 5.73 Å². The number of allylic oxidation sites excluding steroid dienone is 1. The second-order valence-corrected chi connectivity index (χ2v) is 4.09. The molecule has 0 atom stereocenters. The van der Waals surface area contributed by atoms with Crippen LogP contribution in [0.15, 0.2) is 11.6 Å². The first-order valence-electron chi connectivity index (χ1n) is 5.90. The first-order valence-corrected chi connectivity index (χ1v) is 5.90. The number of hydrogen-bond acceptors (Lipinski definition) is 3. The predicted molar refractivity (Wildman–Crippen MR) is 67.7 cm³/mol. The second-order valence-electron chi connectivity index (χ2n) is 4.09. The van der Waals surface area contributed by atoms with Crippen molar-refractivity contribution in [2.45, 2.75) is 33.1 Å². The van der Waals surface area contributed by atoms with Gasteiger partial charge in [0, 0.05) is 26.2 Å². The number of amides is 1. The summed E-state index contributed by atoms with van der Waals surface area (Å²) in [5.74, 6) is 0.0758. The van der Waals surface area contributed by atoms with Crippen molar-refractivity contribution in [1.82, 2.24) is 10.0 Å². The Morgan fingerprint density at radius 3 is 2.44 bits per heavy atom. The van der Waals surface area contributed by atoms with E-state index in [0.717, 1.165) is 24.8 Å². The molecule has 0 bridgehead atoms. The molecule has 0 aromatic carbocycles. The molecule has 1 amide bonds. The molecule has 0 aliphatic heterocycles. The maximum Gasteiger partial charge on any atom is 0.263 e. The van der Waals surface area contributed by atoms with E-state index in [2.05, 4.69) is 6.92 Å². The summed E-state index contributed by atoms with van der Waals surface area (Å²) in [7, 11) is 3.75. The average Bonchev–Trinajstić information content (AvgIpc) is 2.25. The molecule has 0 heterocycles. The van der Waals surface area contributed by atoms with Crippen LogP contribution in [0.4, 0.5) is 0 Å². The number of rotatable bonds is 7. The van der Waals surface area contributed by atoms with E-state index in [1.165, 1.54) is 0 Å². The van der Waals surface area contributed by atoms with Crippen molar-refractivity contribution >= 4 is 5.91 Å². The van der Waals surface area contributed by atoms with Gasteiger partial charge in [0.2, 0.25) is 0 Å². The molecule has 0 spiro atoms. The Balaban J connectivity index is 4.48. The van der Waals surface area contributed by atoms with Gasteiger partial charge in [-0.3, -0.25) is 9.80 Å². The first kappa shape index (κ1) is 15.1. The van der Waals surface area contributed by atoms with Crippen molar-refractivity contribution in [2.75, 3.05) is 27.2 Å². The lowest BCUT2D eigenvalue weighted by molar-refractivity contribution is -0.140. The fourth-order valence-electron chi connectivity index (χ4n) is 1.38. The van der Waals surface area contributed by atoms with Gasteiger partial charge in [-0.25, -0.2) is 5.01 Å². The fourth-order valence-corrected chi connectivity index (χ4v) is 1.38. The standard InChI is InChI=1S/C12H25N3O/c1-5-6-8-11(2)12(16)15(14(3)4)10-7-9-13/h8H,5-7,9-10,13H2,1-4H3. The second kappa shape index (κ2) is 8.30. The van der Waals surface area contributed by atoms with Crippen LogP contribution >= 0.6 is 0 Å². The molecule has 2 N–H and O–H groups in total. The Morgan fingerprint density at radius 1 is 1.38 bits per heavy atom. The summed E-state index contributed by atoms with van der Waals surface area (Å²) in [4.78, 5) is 12.1. The summed E-state index contributed by atoms with van der Waals surface area (Å²) in [6.07, 6.45) is 4.84. The minimum atomic E-state index is 0.0758. The molecule has 0 saturated heterocycles. The van der Waals surface area contributed by atoms with Crippen LogP contribution in [0.3, 0.4) is 0 Å². The SMILES string of the molecule is CCCC=C(C)C(=O)N(CCCN)N(C)C. The van der Waals surface area contributed by atoms with E-state index in [9.17, 15) is 4.79 Å². The smallest absolute Gasteiger partial charge is 0.263 e. The Kier molecular flexibility index (Phi) is 7.85. The highest BCUT2D eigenvalue weighted by Crippen LogP contribution is 2.06. The lowest BCUT2D eigenvalue weighted by atomic mass is 10.2. The topological polar surface area (TPSA) is 49.6 Å². The molecular formula is C12H25N3O. The largest absolute Gasteiger partial charge is 0.330 e. The molecule has 16 heavy (non-hydrogen) atoms. The molecule has 0 rings (SSSR count). The lowest BCUT2D eigenvalue weighted by Crippen LogP contribution is -2.43. The molecule has 0 fully saturated rings. The third-order valence-corrected chi connectivity index (χ3v) is 2.37. The number of unbranched alkanes of at least 4 members (excludes halogenated alkanes) is 1. The van der Waals surface area contributed by atoms with Crippen LogP contribution in [0.1, 0.15) is 33.1 Å². The van der Waals surface area contributed by atoms with Gasteiger partial charge in [-0.05, 0) is 26.3 Å². The molecule has 0 aliphatic rings. The highest BCUT2D eigenvalue weighted by atomic mass is 16.2. The van der Waals surface area contributed by atoms with Crippen LogP contribution in [0.25, 0.3) is 0 Å². The monoisotopic (exact) mass is 227 g/mol. The zero-order valence-corrected chi connectivity index (χ0v) is 11.0. The third-order valence-electron chi connectivity index (χ3n) is 2.37. The third kappa shape index (κ3) is 5.28. The summed E-state index contributed by atoms with van der Waals surface area (Å²) in [5, 5.41) is 3.55. The van der Waals surface area contributed by atoms with E-state index in [1.54, 1.807) is 5.01 Å². The lowest BCUT2D eigenvalue weighted by Gasteiger charge is -2.29. The molecular weight excluding hydrogens is 202 g/mol. The van der Waals surface area contributed by atoms with Crippen molar-refractivity contribution in [2.24, 2.45) is 5.73 Å². The highest BCUT2D eigenvalue weighted by Gasteiger charge is 2.16. The van der Waals surface area contributed by atoms with Crippen molar-refractivity contribution in [3.05, 3.63) is 11.6 Å². The fraction of sp³-hybridized carbons (Fsp3) is 0.750. The quantitative estimate of drug-likeness (QED) is 0.528. The molecule has 4 nitrogen and oxygen atoms in total. The van der Waals surface area contributed by atoms with Crippen LogP contribution in [0.5, 0.6) is 0 Å². The minimum Gasteiger partial charge on any atom is -0.330 e. The van der Waals surface area contributed by atoms with Crippen LogP contribution in [-0.2, 0) is 4.79 Å². The van der Waals surface area contributed by atoms with Gasteiger partial charge in [-0.15, -0.1) is 0 Å². The van der Waals surface area contributed by atoms with E-state index in [0.29, 0.717) is 13.1 Å². The van der Waals surface area contributed by atoms with E-state index in [-0.39, 0.29) is 5.91 Å². The number of nitrogens with two attached hydrogens (primary N) is 1. The number of hydrogen-bond donors (Lipinski definition) is 1.